The summed E-state index contributed by atoms with van der Waals surface area (Å²) in [7, 11) is 0. The van der Waals surface area contributed by atoms with Crippen LogP contribution in [0.1, 0.15) is 5.56 Å². The Balaban J connectivity index is 1.26. The number of benzene rings is 2. The molecule has 0 atom stereocenters. The number of halogens is 2. The average Bonchev–Trinajstić information content (AvgIpc) is 3.43. The third-order valence-electron chi connectivity index (χ3n) is 3.99. The minimum Gasteiger partial charge on any atom is -0.356 e. The first-order chi connectivity index (χ1) is 15.1. The Hall–Kier alpha value is -2.89. The summed E-state index contributed by atoms with van der Waals surface area (Å²) in [4.78, 5) is 16.5. The van der Waals surface area contributed by atoms with Gasteiger partial charge in [-0.2, -0.15) is 0 Å². The molecule has 0 spiro atoms. The summed E-state index contributed by atoms with van der Waals surface area (Å²) in [5.41, 5.74) is 2.04. The van der Waals surface area contributed by atoms with E-state index in [1.807, 2.05) is 30.3 Å². The zero-order valence-electron chi connectivity index (χ0n) is 15.8. The summed E-state index contributed by atoms with van der Waals surface area (Å²) in [6, 6.07) is 13.5. The molecule has 0 saturated carbocycles. The van der Waals surface area contributed by atoms with E-state index in [2.05, 4.69) is 25.8 Å². The van der Waals surface area contributed by atoms with Gasteiger partial charge in [-0.25, -0.2) is 13.8 Å². The number of amides is 1. The Morgan fingerprint density at radius 1 is 1.03 bits per heavy atom. The van der Waals surface area contributed by atoms with Crippen molar-refractivity contribution >= 4 is 50.6 Å². The van der Waals surface area contributed by atoms with E-state index in [-0.39, 0.29) is 11.7 Å². The number of aromatic nitrogens is 3. The highest BCUT2D eigenvalue weighted by Crippen LogP contribution is 2.28. The highest BCUT2D eigenvalue weighted by molar-refractivity contribution is 8.01. The van der Waals surface area contributed by atoms with E-state index in [1.165, 1.54) is 40.5 Å². The second kappa shape index (κ2) is 9.94. The molecule has 0 bridgehead atoms. The van der Waals surface area contributed by atoms with Crippen molar-refractivity contribution in [1.82, 2.24) is 15.2 Å². The number of nitrogens with one attached hydrogen (secondary N) is 2. The number of hydrogen-bond acceptors (Lipinski definition) is 8. The standard InChI is InChI=1S/C20H15F2N5OS3/c21-14-7-6-13(8-15(14)22)16-10-29-19(24-16)25-17(28)11-30-20-27-26-18(31-20)23-9-12-4-2-1-3-5-12/h1-8,10H,9,11H2,(H,23,26)(H,24,25,28). The summed E-state index contributed by atoms with van der Waals surface area (Å²) < 4.78 is 27.1. The van der Waals surface area contributed by atoms with Crippen molar-refractivity contribution in [2.75, 3.05) is 16.4 Å². The van der Waals surface area contributed by atoms with Crippen molar-refractivity contribution in [2.45, 2.75) is 10.9 Å². The predicted molar refractivity (Wildman–Crippen MR) is 120 cm³/mol. The van der Waals surface area contributed by atoms with E-state index < -0.39 is 11.6 Å². The molecule has 4 aromatic rings. The SMILES string of the molecule is O=C(CSc1nnc(NCc2ccccc2)s1)Nc1nc(-c2ccc(F)c(F)c2)cs1. The van der Waals surface area contributed by atoms with Gasteiger partial charge in [0.1, 0.15) is 0 Å². The molecule has 0 fully saturated rings. The number of carbonyl (C=O) groups is 1. The molecule has 0 saturated heterocycles. The predicted octanol–water partition coefficient (Wildman–Crippen LogP) is 5.28. The third kappa shape index (κ3) is 5.84. The fourth-order valence-corrected chi connectivity index (χ4v) is 4.80. The first kappa shape index (κ1) is 21.3. The second-order valence-electron chi connectivity index (χ2n) is 6.22. The largest absolute Gasteiger partial charge is 0.356 e. The quantitative estimate of drug-likeness (QED) is 0.338. The van der Waals surface area contributed by atoms with Gasteiger partial charge in [0.2, 0.25) is 11.0 Å². The highest BCUT2D eigenvalue weighted by atomic mass is 32.2. The van der Waals surface area contributed by atoms with Crippen LogP contribution in [0, 0.1) is 11.6 Å². The molecular weight excluding hydrogens is 460 g/mol. The van der Waals surface area contributed by atoms with Gasteiger partial charge in [-0.1, -0.05) is 53.4 Å². The topological polar surface area (TPSA) is 79.8 Å². The normalized spacial score (nSPS) is 10.8. The molecule has 0 aliphatic heterocycles. The lowest BCUT2D eigenvalue weighted by molar-refractivity contribution is -0.113. The Kier molecular flexibility index (Phi) is 6.85. The molecule has 4 rings (SSSR count). The van der Waals surface area contributed by atoms with E-state index >= 15 is 0 Å². The van der Waals surface area contributed by atoms with Gasteiger partial charge >= 0.3 is 0 Å². The lowest BCUT2D eigenvalue weighted by Gasteiger charge is -2.01. The minimum absolute atomic E-state index is 0.146. The number of carbonyl (C=O) groups excluding carboxylic acids is 1. The maximum atomic E-state index is 13.4. The van der Waals surface area contributed by atoms with Crippen LogP contribution in [0.4, 0.5) is 19.0 Å². The number of anilines is 2. The summed E-state index contributed by atoms with van der Waals surface area (Å²) in [6.07, 6.45) is 0. The monoisotopic (exact) mass is 475 g/mol. The van der Waals surface area contributed by atoms with Gasteiger partial charge in [0, 0.05) is 17.5 Å². The maximum absolute atomic E-state index is 13.4. The summed E-state index contributed by atoms with van der Waals surface area (Å²) in [5, 5.41) is 16.8. The van der Waals surface area contributed by atoms with Crippen molar-refractivity contribution in [3.63, 3.8) is 0 Å². The summed E-state index contributed by atoms with van der Waals surface area (Å²) >= 11 is 3.86. The fraction of sp³-hybridized carbons (Fsp3) is 0.100. The molecule has 2 aromatic carbocycles. The van der Waals surface area contributed by atoms with E-state index in [4.69, 9.17) is 0 Å². The van der Waals surface area contributed by atoms with E-state index in [0.29, 0.717) is 32.4 Å². The van der Waals surface area contributed by atoms with E-state index in [9.17, 15) is 13.6 Å². The minimum atomic E-state index is -0.942. The lowest BCUT2D eigenvalue weighted by atomic mass is 10.2. The number of nitrogens with zero attached hydrogens (tertiary/aromatic N) is 3. The molecule has 0 radical (unpaired) electrons. The molecule has 6 nitrogen and oxygen atoms in total. The molecule has 0 unspecified atom stereocenters. The molecule has 1 amide bonds. The first-order valence-corrected chi connectivity index (χ1v) is 11.7. The third-order valence-corrected chi connectivity index (χ3v) is 6.76. The van der Waals surface area contributed by atoms with Crippen LogP contribution in [-0.4, -0.2) is 26.8 Å². The number of rotatable bonds is 8. The Morgan fingerprint density at radius 3 is 2.68 bits per heavy atom. The molecule has 31 heavy (non-hydrogen) atoms. The molecule has 2 aromatic heterocycles. The Labute approximate surface area is 188 Å². The smallest absolute Gasteiger partial charge is 0.236 e. The van der Waals surface area contributed by atoms with Crippen molar-refractivity contribution in [3.05, 3.63) is 71.1 Å². The Morgan fingerprint density at radius 2 is 1.87 bits per heavy atom. The van der Waals surface area contributed by atoms with Crippen LogP contribution in [0.3, 0.4) is 0 Å². The van der Waals surface area contributed by atoms with Crippen LogP contribution < -0.4 is 10.6 Å². The number of hydrogen-bond donors (Lipinski definition) is 2. The van der Waals surface area contributed by atoms with Gasteiger partial charge in [0.05, 0.1) is 11.4 Å². The van der Waals surface area contributed by atoms with Gasteiger partial charge in [0.15, 0.2) is 21.1 Å². The van der Waals surface area contributed by atoms with E-state index in [1.54, 1.807) is 5.38 Å². The average molecular weight is 476 g/mol. The molecule has 2 N–H and O–H groups in total. The van der Waals surface area contributed by atoms with Crippen molar-refractivity contribution < 1.29 is 13.6 Å². The maximum Gasteiger partial charge on any atom is 0.236 e. The van der Waals surface area contributed by atoms with Crippen molar-refractivity contribution in [2.24, 2.45) is 0 Å². The van der Waals surface area contributed by atoms with Crippen LogP contribution in [0.5, 0.6) is 0 Å². The molecule has 11 heteroatoms. The summed E-state index contributed by atoms with van der Waals surface area (Å²) in [5.74, 6) is -1.96. The first-order valence-electron chi connectivity index (χ1n) is 9.02. The fourth-order valence-electron chi connectivity index (χ4n) is 2.51. The van der Waals surface area contributed by atoms with Crippen LogP contribution in [-0.2, 0) is 11.3 Å². The molecule has 0 aliphatic rings. The number of thioether (sulfide) groups is 1. The van der Waals surface area contributed by atoms with E-state index in [0.717, 1.165) is 17.7 Å². The summed E-state index contributed by atoms with van der Waals surface area (Å²) in [6.45, 7) is 0.644. The van der Waals surface area contributed by atoms with Gasteiger partial charge in [0.25, 0.3) is 0 Å². The van der Waals surface area contributed by atoms with Gasteiger partial charge in [-0.05, 0) is 23.8 Å². The van der Waals surface area contributed by atoms with Gasteiger partial charge < -0.3 is 10.6 Å². The molecular formula is C20H15F2N5OS3. The number of thiazole rings is 1. The second-order valence-corrected chi connectivity index (χ2v) is 9.27. The molecule has 0 aliphatic carbocycles. The zero-order valence-corrected chi connectivity index (χ0v) is 18.3. The highest BCUT2D eigenvalue weighted by Gasteiger charge is 2.12. The van der Waals surface area contributed by atoms with Crippen molar-refractivity contribution in [3.8, 4) is 11.3 Å². The van der Waals surface area contributed by atoms with Crippen LogP contribution in [0.15, 0.2) is 58.3 Å². The Bertz CT molecular complexity index is 1180. The van der Waals surface area contributed by atoms with Crippen LogP contribution in [0.2, 0.25) is 0 Å². The lowest BCUT2D eigenvalue weighted by Crippen LogP contribution is -2.13. The van der Waals surface area contributed by atoms with Crippen molar-refractivity contribution in [1.29, 1.82) is 0 Å². The zero-order chi connectivity index (χ0) is 21.6. The van der Waals surface area contributed by atoms with Gasteiger partial charge in [-0.15, -0.1) is 21.5 Å². The van der Waals surface area contributed by atoms with Crippen LogP contribution in [0.25, 0.3) is 11.3 Å². The van der Waals surface area contributed by atoms with Crippen LogP contribution >= 0.6 is 34.4 Å². The molecule has 158 valence electrons. The molecule has 2 heterocycles. The van der Waals surface area contributed by atoms with Gasteiger partial charge in [-0.3, -0.25) is 4.79 Å².